The van der Waals surface area contributed by atoms with E-state index in [2.05, 4.69) is 47.7 Å². The highest BCUT2D eigenvalue weighted by atomic mass is 15.2. The third-order valence-corrected chi connectivity index (χ3v) is 4.64. The summed E-state index contributed by atoms with van der Waals surface area (Å²) in [4.78, 5) is 4.39. The minimum Gasteiger partial charge on any atom is -0.271 e. The first-order chi connectivity index (χ1) is 10.3. The Kier molecular flexibility index (Phi) is 4.32. The molecule has 0 radical (unpaired) electrons. The van der Waals surface area contributed by atoms with Gasteiger partial charge >= 0.3 is 0 Å². The minimum atomic E-state index is 0.162. The number of aryl methyl sites for hydroxylation is 2. The Hall–Kier alpha value is -1.71. The summed E-state index contributed by atoms with van der Waals surface area (Å²) >= 11 is 0. The van der Waals surface area contributed by atoms with E-state index in [0.29, 0.717) is 5.92 Å². The van der Waals surface area contributed by atoms with E-state index in [-0.39, 0.29) is 6.04 Å². The van der Waals surface area contributed by atoms with Crippen LogP contribution in [0.5, 0.6) is 0 Å². The lowest BCUT2D eigenvalue weighted by Crippen LogP contribution is -2.30. The predicted molar refractivity (Wildman–Crippen MR) is 85.8 cm³/mol. The van der Waals surface area contributed by atoms with Gasteiger partial charge in [-0.2, -0.15) is 0 Å². The third kappa shape index (κ3) is 2.99. The molecule has 110 valence electrons. The van der Waals surface area contributed by atoms with Crippen molar-refractivity contribution in [2.75, 3.05) is 0 Å². The van der Waals surface area contributed by atoms with Crippen molar-refractivity contribution in [1.29, 1.82) is 0 Å². The Morgan fingerprint density at radius 2 is 2.14 bits per heavy atom. The number of benzene rings is 1. The quantitative estimate of drug-likeness (QED) is 0.667. The number of nitrogens with one attached hydrogen (secondary N) is 1. The van der Waals surface area contributed by atoms with Gasteiger partial charge in [-0.3, -0.25) is 16.3 Å². The molecule has 0 aliphatic heterocycles. The number of rotatable bonds is 4. The van der Waals surface area contributed by atoms with Crippen LogP contribution in [0.4, 0.5) is 0 Å². The lowest BCUT2D eigenvalue weighted by Gasteiger charge is -2.29. The molecule has 0 spiro atoms. The predicted octanol–water partition coefficient (Wildman–Crippen LogP) is 3.40. The van der Waals surface area contributed by atoms with E-state index in [1.165, 1.54) is 36.0 Å². The summed E-state index contributed by atoms with van der Waals surface area (Å²) in [6, 6.07) is 13.1. The number of nitrogens with two attached hydrogens (primary N) is 1. The maximum absolute atomic E-state index is 5.83. The highest BCUT2D eigenvalue weighted by Gasteiger charge is 2.24. The first-order valence-corrected chi connectivity index (χ1v) is 7.75. The van der Waals surface area contributed by atoms with Crippen molar-refractivity contribution >= 4 is 0 Å². The van der Waals surface area contributed by atoms with Crippen LogP contribution in [0.1, 0.15) is 53.6 Å². The zero-order chi connectivity index (χ0) is 14.7. The number of hydrazine groups is 1. The molecule has 0 fully saturated rings. The molecule has 0 saturated carbocycles. The number of fused-ring (bicyclic) bond motifs is 1. The van der Waals surface area contributed by atoms with Crippen molar-refractivity contribution in [3.8, 4) is 0 Å². The zero-order valence-electron chi connectivity index (χ0n) is 12.5. The Balaban J connectivity index is 1.84. The Bertz CT molecular complexity index is 609. The van der Waals surface area contributed by atoms with Crippen LogP contribution in [0, 0.1) is 6.92 Å². The van der Waals surface area contributed by atoms with Crippen molar-refractivity contribution in [1.82, 2.24) is 10.4 Å². The number of hydrogen-bond donors (Lipinski definition) is 2. The molecule has 1 aromatic carbocycles. The largest absolute Gasteiger partial charge is 0.271 e. The van der Waals surface area contributed by atoms with Gasteiger partial charge in [-0.1, -0.05) is 30.3 Å². The van der Waals surface area contributed by atoms with Crippen molar-refractivity contribution in [2.24, 2.45) is 5.84 Å². The molecule has 21 heavy (non-hydrogen) atoms. The molecule has 0 bridgehead atoms. The number of hydrogen-bond acceptors (Lipinski definition) is 3. The molecule has 3 rings (SSSR count). The molecule has 3 heteroatoms. The maximum Gasteiger partial charge on any atom is 0.0483 e. The van der Waals surface area contributed by atoms with Gasteiger partial charge in [-0.15, -0.1) is 0 Å². The summed E-state index contributed by atoms with van der Waals surface area (Å²) in [5.74, 6) is 6.41. The average Bonchev–Trinajstić information content (AvgIpc) is 2.53. The second kappa shape index (κ2) is 6.37. The SMILES string of the molecule is Cc1ncccc1C(CC1CCCc2ccccc21)NN. The molecule has 3 nitrogen and oxygen atoms in total. The molecule has 3 N–H and O–H groups in total. The Morgan fingerprint density at radius 3 is 2.95 bits per heavy atom. The number of pyridine rings is 1. The van der Waals surface area contributed by atoms with E-state index in [0.717, 1.165) is 12.1 Å². The normalized spacial score (nSPS) is 19.0. The third-order valence-electron chi connectivity index (χ3n) is 4.64. The fourth-order valence-corrected chi connectivity index (χ4v) is 3.53. The lowest BCUT2D eigenvalue weighted by atomic mass is 9.78. The topological polar surface area (TPSA) is 50.9 Å². The molecule has 2 atom stereocenters. The standard InChI is InChI=1S/C18H23N3/c1-13-16(10-5-11-20-13)18(21-19)12-15-8-4-7-14-6-2-3-9-17(14)15/h2-3,5-6,9-11,15,18,21H,4,7-8,12,19H2,1H3. The number of aromatic nitrogens is 1. The fraction of sp³-hybridized carbons (Fsp3) is 0.389. The minimum absolute atomic E-state index is 0.162. The molecule has 1 aromatic heterocycles. The molecule has 2 aromatic rings. The van der Waals surface area contributed by atoms with Crippen molar-refractivity contribution in [2.45, 2.75) is 44.6 Å². The van der Waals surface area contributed by atoms with Gasteiger partial charge in [0.05, 0.1) is 0 Å². The summed E-state index contributed by atoms with van der Waals surface area (Å²) < 4.78 is 0. The summed E-state index contributed by atoms with van der Waals surface area (Å²) in [5, 5.41) is 0. The monoisotopic (exact) mass is 281 g/mol. The Morgan fingerprint density at radius 1 is 1.29 bits per heavy atom. The molecule has 1 aliphatic carbocycles. The van der Waals surface area contributed by atoms with Crippen molar-refractivity contribution < 1.29 is 0 Å². The summed E-state index contributed by atoms with van der Waals surface area (Å²) in [6.45, 7) is 2.05. The van der Waals surface area contributed by atoms with Crippen molar-refractivity contribution in [3.63, 3.8) is 0 Å². The second-order valence-corrected chi connectivity index (χ2v) is 5.92. The first-order valence-electron chi connectivity index (χ1n) is 7.75. The van der Waals surface area contributed by atoms with Crippen LogP contribution in [0.15, 0.2) is 42.6 Å². The van der Waals surface area contributed by atoms with Gasteiger partial charge in [0.2, 0.25) is 0 Å². The van der Waals surface area contributed by atoms with E-state index in [4.69, 9.17) is 5.84 Å². The van der Waals surface area contributed by atoms with Crippen LogP contribution in [-0.2, 0) is 6.42 Å². The molecule has 1 heterocycles. The number of nitrogens with zero attached hydrogens (tertiary/aromatic N) is 1. The van der Waals surface area contributed by atoms with Crippen LogP contribution in [0.25, 0.3) is 0 Å². The van der Waals surface area contributed by atoms with E-state index >= 15 is 0 Å². The molecule has 0 saturated heterocycles. The lowest BCUT2D eigenvalue weighted by molar-refractivity contribution is 0.423. The molecule has 1 aliphatic rings. The smallest absolute Gasteiger partial charge is 0.0483 e. The van der Waals surface area contributed by atoms with Gasteiger partial charge in [-0.05, 0) is 61.3 Å². The van der Waals surface area contributed by atoms with Gasteiger partial charge in [-0.25, -0.2) is 0 Å². The van der Waals surface area contributed by atoms with Crippen LogP contribution in [-0.4, -0.2) is 4.98 Å². The van der Waals surface area contributed by atoms with E-state index in [1.807, 2.05) is 12.3 Å². The van der Waals surface area contributed by atoms with E-state index in [9.17, 15) is 0 Å². The first kappa shape index (κ1) is 14.2. The fourth-order valence-electron chi connectivity index (χ4n) is 3.53. The summed E-state index contributed by atoms with van der Waals surface area (Å²) in [6.07, 6.45) is 6.58. The highest BCUT2D eigenvalue weighted by Crippen LogP contribution is 2.37. The highest BCUT2D eigenvalue weighted by molar-refractivity contribution is 5.33. The molecular formula is C18H23N3. The van der Waals surface area contributed by atoms with Crippen molar-refractivity contribution in [3.05, 3.63) is 65.0 Å². The van der Waals surface area contributed by atoms with Crippen LogP contribution in [0.3, 0.4) is 0 Å². The molecule has 2 unspecified atom stereocenters. The zero-order valence-corrected chi connectivity index (χ0v) is 12.5. The van der Waals surface area contributed by atoms with Gasteiger partial charge in [0, 0.05) is 17.9 Å². The van der Waals surface area contributed by atoms with Crippen LogP contribution < -0.4 is 11.3 Å². The van der Waals surface area contributed by atoms with E-state index in [1.54, 1.807) is 0 Å². The summed E-state index contributed by atoms with van der Waals surface area (Å²) in [7, 11) is 0. The van der Waals surface area contributed by atoms with Gasteiger partial charge in [0.25, 0.3) is 0 Å². The molecular weight excluding hydrogens is 258 g/mol. The van der Waals surface area contributed by atoms with Crippen LogP contribution >= 0.6 is 0 Å². The maximum atomic E-state index is 5.83. The van der Waals surface area contributed by atoms with E-state index < -0.39 is 0 Å². The van der Waals surface area contributed by atoms with Gasteiger partial charge < -0.3 is 0 Å². The Labute approximate surface area is 126 Å². The second-order valence-electron chi connectivity index (χ2n) is 5.92. The van der Waals surface area contributed by atoms with Gasteiger partial charge in [0.1, 0.15) is 0 Å². The average molecular weight is 281 g/mol. The van der Waals surface area contributed by atoms with Gasteiger partial charge in [0.15, 0.2) is 0 Å². The van der Waals surface area contributed by atoms with Crippen LogP contribution in [0.2, 0.25) is 0 Å². The summed E-state index contributed by atoms with van der Waals surface area (Å²) in [5.41, 5.74) is 8.28. The molecule has 0 amide bonds.